The van der Waals surface area contributed by atoms with Gasteiger partial charge in [-0.05, 0) is 43.4 Å². The Morgan fingerprint density at radius 3 is 2.82 bits per heavy atom. The number of benzene rings is 1. The summed E-state index contributed by atoms with van der Waals surface area (Å²) in [7, 11) is 0. The first-order chi connectivity index (χ1) is 10.8. The van der Waals surface area contributed by atoms with E-state index in [0.29, 0.717) is 0 Å². The number of carbonyl (C=O) groups excluding carboxylic acids is 1. The number of hydrazone groups is 1. The molecule has 1 aromatic carbocycles. The van der Waals surface area contributed by atoms with Crippen LogP contribution in [0.1, 0.15) is 45.4 Å². The first-order valence-corrected chi connectivity index (χ1v) is 8.13. The molecule has 0 spiro atoms. The molecule has 4 heteroatoms. The quantitative estimate of drug-likeness (QED) is 0.565. The fourth-order valence-corrected chi connectivity index (χ4v) is 2.51. The average molecular weight is 299 g/mol. The van der Waals surface area contributed by atoms with Crippen molar-refractivity contribution < 1.29 is 4.79 Å². The predicted molar refractivity (Wildman–Crippen MR) is 92.0 cm³/mol. The second-order valence-corrected chi connectivity index (χ2v) is 5.54. The molecule has 0 radical (unpaired) electrons. The lowest BCUT2D eigenvalue weighted by atomic mass is 10.1. The van der Waals surface area contributed by atoms with Crippen molar-refractivity contribution in [3.05, 3.63) is 42.0 Å². The van der Waals surface area contributed by atoms with Crippen molar-refractivity contribution in [1.29, 1.82) is 0 Å². The van der Waals surface area contributed by atoms with Gasteiger partial charge in [-0.2, -0.15) is 5.10 Å². The van der Waals surface area contributed by atoms with E-state index in [-0.39, 0.29) is 12.5 Å². The van der Waals surface area contributed by atoms with E-state index in [1.807, 2.05) is 30.3 Å². The van der Waals surface area contributed by atoms with Crippen molar-refractivity contribution in [2.75, 3.05) is 11.9 Å². The molecule has 0 unspecified atom stereocenters. The number of unbranched alkanes of at least 4 members (excludes halogenated alkanes) is 2. The summed E-state index contributed by atoms with van der Waals surface area (Å²) >= 11 is 0. The van der Waals surface area contributed by atoms with Crippen LogP contribution in [0.3, 0.4) is 0 Å². The van der Waals surface area contributed by atoms with Gasteiger partial charge in [0.1, 0.15) is 0 Å². The molecule has 1 aliphatic rings. The van der Waals surface area contributed by atoms with Crippen molar-refractivity contribution >= 4 is 17.3 Å². The molecule has 1 amide bonds. The summed E-state index contributed by atoms with van der Waals surface area (Å²) in [6.07, 6.45) is 8.98. The molecule has 2 N–H and O–H groups in total. The Kier molecular flexibility index (Phi) is 6.68. The minimum absolute atomic E-state index is 0.115. The van der Waals surface area contributed by atoms with Gasteiger partial charge < -0.3 is 5.32 Å². The highest BCUT2D eigenvalue weighted by atomic mass is 16.2. The summed E-state index contributed by atoms with van der Waals surface area (Å²) in [5.41, 5.74) is 5.95. The Hall–Kier alpha value is -2.10. The monoisotopic (exact) mass is 299 g/mol. The van der Waals surface area contributed by atoms with Gasteiger partial charge >= 0.3 is 0 Å². The average Bonchev–Trinajstić information content (AvgIpc) is 3.00. The number of rotatable bonds is 8. The van der Waals surface area contributed by atoms with E-state index < -0.39 is 0 Å². The molecule has 0 fully saturated rings. The van der Waals surface area contributed by atoms with Gasteiger partial charge in [0.25, 0.3) is 5.91 Å². The van der Waals surface area contributed by atoms with Crippen molar-refractivity contribution in [2.45, 2.75) is 45.4 Å². The zero-order valence-corrected chi connectivity index (χ0v) is 13.3. The number of carbonyl (C=O) groups is 1. The Balaban J connectivity index is 1.75. The number of amides is 1. The molecule has 118 valence electrons. The van der Waals surface area contributed by atoms with Crippen LogP contribution in [0.15, 0.2) is 47.1 Å². The van der Waals surface area contributed by atoms with Gasteiger partial charge in [-0.25, -0.2) is 5.43 Å². The Morgan fingerprint density at radius 2 is 2.05 bits per heavy atom. The van der Waals surface area contributed by atoms with Crippen LogP contribution in [0.2, 0.25) is 0 Å². The van der Waals surface area contributed by atoms with E-state index >= 15 is 0 Å². The van der Waals surface area contributed by atoms with E-state index in [2.05, 4.69) is 28.8 Å². The molecule has 2 rings (SSSR count). The Labute approximate surface area is 132 Å². The molecule has 22 heavy (non-hydrogen) atoms. The molecule has 0 atom stereocenters. The number of nitrogens with one attached hydrogen (secondary N) is 2. The number of para-hydroxylation sites is 1. The first-order valence-electron chi connectivity index (χ1n) is 8.13. The SMILES string of the molecule is CCCCCC1=CCC/C1=N/NC(=O)CNc1ccccc1. The number of allylic oxidation sites excluding steroid dienone is 2. The third-order valence-electron chi connectivity index (χ3n) is 3.73. The number of hydrogen-bond donors (Lipinski definition) is 2. The van der Waals surface area contributed by atoms with Crippen LogP contribution in [-0.4, -0.2) is 18.2 Å². The summed E-state index contributed by atoms with van der Waals surface area (Å²) < 4.78 is 0. The van der Waals surface area contributed by atoms with Crippen molar-refractivity contribution in [1.82, 2.24) is 5.43 Å². The minimum Gasteiger partial charge on any atom is -0.376 e. The van der Waals surface area contributed by atoms with Crippen molar-refractivity contribution in [3.8, 4) is 0 Å². The smallest absolute Gasteiger partial charge is 0.259 e. The lowest BCUT2D eigenvalue weighted by molar-refractivity contribution is -0.119. The topological polar surface area (TPSA) is 53.5 Å². The highest BCUT2D eigenvalue weighted by Gasteiger charge is 2.13. The van der Waals surface area contributed by atoms with Gasteiger partial charge in [0.2, 0.25) is 0 Å². The van der Waals surface area contributed by atoms with Gasteiger partial charge in [0.05, 0.1) is 12.3 Å². The summed E-state index contributed by atoms with van der Waals surface area (Å²) in [6, 6.07) is 9.69. The zero-order valence-electron chi connectivity index (χ0n) is 13.3. The minimum atomic E-state index is -0.115. The summed E-state index contributed by atoms with van der Waals surface area (Å²) in [4.78, 5) is 11.8. The second-order valence-electron chi connectivity index (χ2n) is 5.54. The maximum Gasteiger partial charge on any atom is 0.259 e. The van der Waals surface area contributed by atoms with E-state index in [1.165, 1.54) is 24.8 Å². The lowest BCUT2D eigenvalue weighted by Gasteiger charge is -2.07. The molecule has 0 saturated carbocycles. The van der Waals surface area contributed by atoms with Crippen LogP contribution in [-0.2, 0) is 4.79 Å². The lowest BCUT2D eigenvalue weighted by Crippen LogP contribution is -2.27. The van der Waals surface area contributed by atoms with E-state index in [1.54, 1.807) is 0 Å². The third kappa shape index (κ3) is 5.35. The Bertz CT molecular complexity index is 535. The molecule has 0 saturated heterocycles. The highest BCUT2D eigenvalue weighted by molar-refractivity contribution is 6.02. The van der Waals surface area contributed by atoms with Crippen LogP contribution in [0.25, 0.3) is 0 Å². The van der Waals surface area contributed by atoms with Crippen LogP contribution < -0.4 is 10.7 Å². The number of hydrogen-bond acceptors (Lipinski definition) is 3. The third-order valence-corrected chi connectivity index (χ3v) is 3.73. The highest BCUT2D eigenvalue weighted by Crippen LogP contribution is 2.20. The van der Waals surface area contributed by atoms with Crippen molar-refractivity contribution in [2.24, 2.45) is 5.10 Å². The molecule has 0 heterocycles. The van der Waals surface area contributed by atoms with Gasteiger partial charge in [-0.1, -0.05) is 44.0 Å². The van der Waals surface area contributed by atoms with Crippen LogP contribution in [0.4, 0.5) is 5.69 Å². The van der Waals surface area contributed by atoms with E-state index in [4.69, 9.17) is 0 Å². The van der Waals surface area contributed by atoms with Gasteiger partial charge in [-0.3, -0.25) is 4.79 Å². The van der Waals surface area contributed by atoms with Gasteiger partial charge in [-0.15, -0.1) is 0 Å². The van der Waals surface area contributed by atoms with Crippen LogP contribution in [0, 0.1) is 0 Å². The van der Waals surface area contributed by atoms with Gasteiger partial charge in [0, 0.05) is 5.69 Å². The maximum atomic E-state index is 11.8. The second kappa shape index (κ2) is 9.03. The first kappa shape index (κ1) is 16.3. The fraction of sp³-hybridized carbons (Fsp3) is 0.444. The largest absolute Gasteiger partial charge is 0.376 e. The summed E-state index contributed by atoms with van der Waals surface area (Å²) in [6.45, 7) is 2.44. The van der Waals surface area contributed by atoms with Crippen LogP contribution in [0.5, 0.6) is 0 Å². The molecular formula is C18H25N3O. The molecule has 0 aliphatic heterocycles. The predicted octanol–water partition coefficient (Wildman–Crippen LogP) is 3.87. The number of anilines is 1. The maximum absolute atomic E-state index is 11.8. The van der Waals surface area contributed by atoms with E-state index in [9.17, 15) is 4.79 Å². The molecule has 1 aromatic rings. The molecule has 1 aliphatic carbocycles. The van der Waals surface area contributed by atoms with Crippen LogP contribution >= 0.6 is 0 Å². The summed E-state index contributed by atoms with van der Waals surface area (Å²) in [5, 5.41) is 7.38. The molecule has 0 bridgehead atoms. The number of nitrogens with zero attached hydrogens (tertiary/aromatic N) is 1. The summed E-state index contributed by atoms with van der Waals surface area (Å²) in [5.74, 6) is -0.115. The fourth-order valence-electron chi connectivity index (χ4n) is 2.51. The van der Waals surface area contributed by atoms with Crippen molar-refractivity contribution in [3.63, 3.8) is 0 Å². The molecule has 0 aromatic heterocycles. The zero-order chi connectivity index (χ0) is 15.6. The molecular weight excluding hydrogens is 274 g/mol. The standard InChI is InChI=1S/C18H25N3O/c1-2-3-5-9-15-10-8-13-17(15)20-21-18(22)14-19-16-11-6-4-7-12-16/h4,6-7,10-12,19H,2-3,5,8-9,13-14H2,1H3,(H,21,22)/b20-17-. The van der Waals surface area contributed by atoms with Gasteiger partial charge in [0.15, 0.2) is 0 Å². The van der Waals surface area contributed by atoms with E-state index in [0.717, 1.165) is 30.7 Å². The normalized spacial score (nSPS) is 15.7. The molecule has 4 nitrogen and oxygen atoms in total. The Morgan fingerprint density at radius 1 is 1.23 bits per heavy atom.